The highest BCUT2D eigenvalue weighted by atomic mass is 19.1. The Labute approximate surface area is 186 Å². The topological polar surface area (TPSA) is 98.0 Å². The van der Waals surface area contributed by atoms with E-state index in [4.69, 9.17) is 9.47 Å². The Morgan fingerprint density at radius 3 is 2.58 bits per heavy atom. The number of anilines is 2. The Morgan fingerprint density at radius 1 is 1.12 bits per heavy atom. The number of cyclic esters (lactones) is 1. The van der Waals surface area contributed by atoms with E-state index in [1.807, 2.05) is 0 Å². The number of amides is 2. The van der Waals surface area contributed by atoms with Gasteiger partial charge in [-0.15, -0.1) is 0 Å². The van der Waals surface area contributed by atoms with E-state index in [1.165, 1.54) is 24.6 Å². The van der Waals surface area contributed by atoms with Gasteiger partial charge < -0.3 is 14.0 Å². The molecule has 170 valence electrons. The van der Waals surface area contributed by atoms with Gasteiger partial charge in [0.15, 0.2) is 6.10 Å². The second-order valence-corrected chi connectivity index (χ2v) is 7.60. The molecule has 0 saturated carbocycles. The van der Waals surface area contributed by atoms with Crippen molar-refractivity contribution in [2.75, 3.05) is 29.5 Å². The standard InChI is InChI=1S/C22H18F2N4O5/c23-16-8-14(28-11-15(33-22(28)30)12-31-19-5-7-32-26-19)9-17(24)21(16)13-3-4-18(25-10-13)27-6-1-2-20(27)29/h3-5,7-10,15H,1-2,6,11-12H2/t15-/m1/s1. The van der Waals surface area contributed by atoms with Crippen molar-refractivity contribution in [2.45, 2.75) is 18.9 Å². The highest BCUT2D eigenvalue weighted by molar-refractivity contribution is 5.94. The normalized spacial score (nSPS) is 18.2. The average molecular weight is 456 g/mol. The van der Waals surface area contributed by atoms with E-state index in [2.05, 4.69) is 14.7 Å². The molecule has 2 saturated heterocycles. The van der Waals surface area contributed by atoms with Gasteiger partial charge in [-0.2, -0.15) is 0 Å². The SMILES string of the molecule is O=C1O[C@@H](COc2ccon2)CN1c1cc(F)c(-c2ccc(N3CCCC3=O)nc2)c(F)c1. The first-order chi connectivity index (χ1) is 16.0. The molecule has 2 amide bonds. The number of carbonyl (C=O) groups is 2. The van der Waals surface area contributed by atoms with E-state index in [0.717, 1.165) is 23.5 Å². The fourth-order valence-electron chi connectivity index (χ4n) is 3.85. The van der Waals surface area contributed by atoms with Crippen LogP contribution < -0.4 is 14.5 Å². The molecule has 2 aliphatic rings. The number of pyridine rings is 1. The number of halogens is 2. The van der Waals surface area contributed by atoms with Gasteiger partial charge in [0.2, 0.25) is 5.91 Å². The minimum Gasteiger partial charge on any atom is -0.471 e. The van der Waals surface area contributed by atoms with E-state index in [0.29, 0.717) is 18.8 Å². The fourth-order valence-corrected chi connectivity index (χ4v) is 3.85. The molecule has 33 heavy (non-hydrogen) atoms. The van der Waals surface area contributed by atoms with Crippen molar-refractivity contribution >= 4 is 23.5 Å². The lowest BCUT2D eigenvalue weighted by molar-refractivity contribution is -0.117. The van der Waals surface area contributed by atoms with E-state index in [1.54, 1.807) is 11.0 Å². The third-order valence-corrected chi connectivity index (χ3v) is 5.43. The first-order valence-electron chi connectivity index (χ1n) is 10.3. The van der Waals surface area contributed by atoms with Crippen LogP contribution in [-0.2, 0) is 9.53 Å². The quantitative estimate of drug-likeness (QED) is 0.560. The highest BCUT2D eigenvalue weighted by Crippen LogP contribution is 2.32. The summed E-state index contributed by atoms with van der Waals surface area (Å²) in [6.07, 6.45) is 2.48. The molecule has 0 aliphatic carbocycles. The van der Waals surface area contributed by atoms with Gasteiger partial charge in [0.25, 0.3) is 5.88 Å². The zero-order chi connectivity index (χ0) is 22.9. The number of hydrogen-bond donors (Lipinski definition) is 0. The number of benzene rings is 1. The van der Waals surface area contributed by atoms with E-state index in [-0.39, 0.29) is 41.8 Å². The highest BCUT2D eigenvalue weighted by Gasteiger charge is 2.34. The minimum atomic E-state index is -0.855. The summed E-state index contributed by atoms with van der Waals surface area (Å²) in [6, 6.07) is 6.71. The van der Waals surface area contributed by atoms with Crippen molar-refractivity contribution in [1.82, 2.24) is 10.1 Å². The van der Waals surface area contributed by atoms with Crippen LogP contribution >= 0.6 is 0 Å². The van der Waals surface area contributed by atoms with Crippen LogP contribution in [0.3, 0.4) is 0 Å². The Hall–Kier alpha value is -4.02. The van der Waals surface area contributed by atoms with Crippen molar-refractivity contribution in [3.8, 4) is 17.0 Å². The molecule has 4 heterocycles. The Bertz CT molecular complexity index is 1160. The Kier molecular flexibility index (Phi) is 5.37. The summed E-state index contributed by atoms with van der Waals surface area (Å²) in [7, 11) is 0. The van der Waals surface area contributed by atoms with Crippen LogP contribution in [-0.4, -0.2) is 47.9 Å². The van der Waals surface area contributed by atoms with Crippen molar-refractivity contribution in [3.05, 3.63) is 54.4 Å². The monoisotopic (exact) mass is 456 g/mol. The summed E-state index contributed by atoms with van der Waals surface area (Å²) in [4.78, 5) is 31.0. The fraction of sp³-hybridized carbons (Fsp3) is 0.273. The number of ether oxygens (including phenoxy) is 2. The molecular weight excluding hydrogens is 438 g/mol. The second-order valence-electron chi connectivity index (χ2n) is 7.60. The van der Waals surface area contributed by atoms with Gasteiger partial charge in [0.1, 0.15) is 30.3 Å². The predicted octanol–water partition coefficient (Wildman–Crippen LogP) is 3.55. The van der Waals surface area contributed by atoms with Crippen LogP contribution in [0.4, 0.5) is 25.1 Å². The van der Waals surface area contributed by atoms with Crippen LogP contribution in [0.15, 0.2) is 47.3 Å². The number of hydrogen-bond acceptors (Lipinski definition) is 7. The Balaban J connectivity index is 1.32. The molecule has 0 spiro atoms. The largest absolute Gasteiger partial charge is 0.471 e. The van der Waals surface area contributed by atoms with Crippen LogP contribution in [0.5, 0.6) is 5.88 Å². The molecule has 1 aromatic carbocycles. The molecule has 0 N–H and O–H groups in total. The number of aromatic nitrogens is 2. The number of rotatable bonds is 6. The molecule has 2 aromatic heterocycles. The average Bonchev–Trinajstić information content (AvgIpc) is 3.54. The second kappa shape index (κ2) is 8.49. The van der Waals surface area contributed by atoms with Crippen molar-refractivity contribution < 1.29 is 32.4 Å². The summed E-state index contributed by atoms with van der Waals surface area (Å²) in [5, 5.41) is 3.59. The molecule has 5 rings (SSSR count). The van der Waals surface area contributed by atoms with Gasteiger partial charge in [0, 0.05) is 30.8 Å². The lowest BCUT2D eigenvalue weighted by Gasteiger charge is -2.16. The molecule has 11 heteroatoms. The van der Waals surface area contributed by atoms with Crippen molar-refractivity contribution in [2.24, 2.45) is 0 Å². The predicted molar refractivity (Wildman–Crippen MR) is 111 cm³/mol. The lowest BCUT2D eigenvalue weighted by atomic mass is 10.1. The van der Waals surface area contributed by atoms with Crippen molar-refractivity contribution in [3.63, 3.8) is 0 Å². The maximum absolute atomic E-state index is 14.9. The van der Waals surface area contributed by atoms with E-state index in [9.17, 15) is 18.4 Å². The van der Waals surface area contributed by atoms with E-state index < -0.39 is 23.8 Å². The van der Waals surface area contributed by atoms with Gasteiger partial charge in [-0.1, -0.05) is 0 Å². The van der Waals surface area contributed by atoms with E-state index >= 15 is 0 Å². The van der Waals surface area contributed by atoms with Gasteiger partial charge >= 0.3 is 6.09 Å². The molecule has 0 bridgehead atoms. The lowest BCUT2D eigenvalue weighted by Crippen LogP contribution is -2.27. The van der Waals surface area contributed by atoms with Gasteiger partial charge in [-0.3, -0.25) is 14.6 Å². The number of nitrogens with zero attached hydrogens (tertiary/aromatic N) is 4. The molecule has 9 nitrogen and oxygen atoms in total. The zero-order valence-electron chi connectivity index (χ0n) is 17.2. The first-order valence-corrected chi connectivity index (χ1v) is 10.3. The third-order valence-electron chi connectivity index (χ3n) is 5.43. The summed E-state index contributed by atoms with van der Waals surface area (Å²) >= 11 is 0. The maximum atomic E-state index is 14.9. The van der Waals surface area contributed by atoms with Crippen molar-refractivity contribution in [1.29, 1.82) is 0 Å². The molecule has 0 unspecified atom stereocenters. The maximum Gasteiger partial charge on any atom is 0.414 e. The molecular formula is C22H18F2N4O5. The minimum absolute atomic E-state index is 0.00929. The van der Waals surface area contributed by atoms with Crippen LogP contribution in [0.2, 0.25) is 0 Å². The molecule has 0 radical (unpaired) electrons. The Morgan fingerprint density at radius 2 is 1.94 bits per heavy atom. The number of carbonyl (C=O) groups excluding carboxylic acids is 2. The molecule has 2 fully saturated rings. The van der Waals surface area contributed by atoms with Crippen LogP contribution in [0.25, 0.3) is 11.1 Å². The van der Waals surface area contributed by atoms with Gasteiger partial charge in [-0.05, 0) is 35.8 Å². The smallest absolute Gasteiger partial charge is 0.414 e. The third kappa shape index (κ3) is 4.09. The molecule has 3 aromatic rings. The summed E-state index contributed by atoms with van der Waals surface area (Å²) in [6.45, 7) is 0.629. The van der Waals surface area contributed by atoms with Crippen LogP contribution in [0.1, 0.15) is 12.8 Å². The molecule has 1 atom stereocenters. The van der Waals surface area contributed by atoms with Gasteiger partial charge in [-0.25, -0.2) is 18.6 Å². The summed E-state index contributed by atoms with van der Waals surface area (Å²) in [5.41, 5.74) is -0.0335. The molecule has 2 aliphatic heterocycles. The first kappa shape index (κ1) is 20.9. The zero-order valence-corrected chi connectivity index (χ0v) is 17.2. The van der Waals surface area contributed by atoms with Crippen LogP contribution in [0, 0.1) is 11.6 Å². The van der Waals surface area contributed by atoms with Gasteiger partial charge in [0.05, 0.1) is 17.8 Å². The summed E-state index contributed by atoms with van der Waals surface area (Å²) < 4.78 is 45.0. The summed E-state index contributed by atoms with van der Waals surface area (Å²) in [5.74, 6) is -1.06.